The molecule has 1 saturated heterocycles. The molecule has 41 heavy (non-hydrogen) atoms. The van der Waals surface area contributed by atoms with E-state index in [-0.39, 0.29) is 11.4 Å². The summed E-state index contributed by atoms with van der Waals surface area (Å²) in [6.07, 6.45) is 1.34. The number of hydrogen-bond donors (Lipinski definition) is 3. The number of urea groups is 1. The predicted molar refractivity (Wildman–Crippen MR) is 161 cm³/mol. The summed E-state index contributed by atoms with van der Waals surface area (Å²) in [5, 5.41) is 10.7. The Labute approximate surface area is 240 Å². The number of likely N-dealkylation sites (N-methyl/N-ethyl adjacent to an activating group) is 1. The first-order valence-corrected chi connectivity index (χ1v) is 13.7. The average Bonchev–Trinajstić information content (AvgIpc) is 3.36. The van der Waals surface area contributed by atoms with E-state index in [0.717, 1.165) is 44.1 Å². The summed E-state index contributed by atoms with van der Waals surface area (Å²) >= 11 is 0. The summed E-state index contributed by atoms with van der Waals surface area (Å²) in [6.45, 7) is 11.5. The summed E-state index contributed by atoms with van der Waals surface area (Å²) in [5.74, 6) is 1.80. The number of rotatable bonds is 7. The van der Waals surface area contributed by atoms with Gasteiger partial charge < -0.3 is 20.7 Å². The second-order valence-electron chi connectivity index (χ2n) is 11.3. The maximum Gasteiger partial charge on any atom is 0.324 e. The molecule has 11 nitrogen and oxygen atoms in total. The van der Waals surface area contributed by atoms with E-state index in [1.807, 2.05) is 6.07 Å². The highest BCUT2D eigenvalue weighted by atomic mass is 16.5. The molecule has 1 aliphatic heterocycles. The lowest BCUT2D eigenvalue weighted by Crippen LogP contribution is -2.43. The Hall–Kier alpha value is -4.48. The van der Waals surface area contributed by atoms with E-state index in [9.17, 15) is 4.79 Å². The van der Waals surface area contributed by atoms with E-state index < -0.39 is 0 Å². The summed E-state index contributed by atoms with van der Waals surface area (Å²) in [5.41, 5.74) is 9.10. The first-order chi connectivity index (χ1) is 19.6. The molecule has 11 heteroatoms. The Morgan fingerprint density at radius 2 is 1.66 bits per heavy atom. The van der Waals surface area contributed by atoms with Crippen molar-refractivity contribution in [2.45, 2.75) is 32.7 Å². The van der Waals surface area contributed by atoms with Crippen LogP contribution >= 0.6 is 0 Å². The molecule has 3 heterocycles. The smallest absolute Gasteiger partial charge is 0.324 e. The Kier molecular flexibility index (Phi) is 8.18. The Bertz CT molecular complexity index is 1470. The summed E-state index contributed by atoms with van der Waals surface area (Å²) < 4.78 is 7.48. The van der Waals surface area contributed by atoms with Crippen LogP contribution in [0.1, 0.15) is 32.0 Å². The van der Waals surface area contributed by atoms with Crippen LogP contribution in [0.4, 0.5) is 22.1 Å². The molecule has 4 N–H and O–H groups in total. The zero-order valence-electron chi connectivity index (χ0n) is 24.0. The number of carbonyl (C=O) groups is 1. The van der Waals surface area contributed by atoms with Gasteiger partial charge in [0.15, 0.2) is 0 Å². The number of amides is 2. The summed E-state index contributed by atoms with van der Waals surface area (Å²) in [4.78, 5) is 25.7. The highest BCUT2D eigenvalue weighted by molar-refractivity contribution is 5.99. The third-order valence-corrected chi connectivity index (χ3v) is 6.90. The van der Waals surface area contributed by atoms with Gasteiger partial charge in [0.25, 0.3) is 0 Å². The fourth-order valence-corrected chi connectivity index (χ4v) is 4.46. The van der Waals surface area contributed by atoms with Crippen LogP contribution in [0.5, 0.6) is 11.6 Å². The van der Waals surface area contributed by atoms with Gasteiger partial charge in [0.1, 0.15) is 23.7 Å². The van der Waals surface area contributed by atoms with E-state index >= 15 is 0 Å². The number of nitrogens with zero attached hydrogens (tertiary/aromatic N) is 6. The maximum atomic E-state index is 13.0. The highest BCUT2D eigenvalue weighted by Crippen LogP contribution is 2.27. The molecule has 2 aromatic heterocycles. The van der Waals surface area contributed by atoms with Gasteiger partial charge in [-0.05, 0) is 49.0 Å². The topological polar surface area (TPSA) is 126 Å². The molecule has 0 spiro atoms. The lowest BCUT2D eigenvalue weighted by Gasteiger charge is -2.32. The van der Waals surface area contributed by atoms with Gasteiger partial charge >= 0.3 is 6.03 Å². The molecule has 0 atom stereocenters. The number of nitrogen functional groups attached to an aromatic ring is 1. The van der Waals surface area contributed by atoms with Gasteiger partial charge in [-0.25, -0.2) is 19.4 Å². The van der Waals surface area contributed by atoms with Gasteiger partial charge in [0.2, 0.25) is 5.88 Å². The monoisotopic (exact) mass is 555 g/mol. The van der Waals surface area contributed by atoms with Crippen molar-refractivity contribution in [2.75, 3.05) is 49.6 Å². The minimum atomic E-state index is -0.379. The number of anilines is 3. The summed E-state index contributed by atoms with van der Waals surface area (Å²) in [7, 11) is 2.17. The second-order valence-corrected chi connectivity index (χ2v) is 11.3. The van der Waals surface area contributed by atoms with Crippen LogP contribution < -0.4 is 21.1 Å². The number of carbonyl (C=O) groups excluding carboxylic acids is 1. The van der Waals surface area contributed by atoms with Crippen molar-refractivity contribution in [3.63, 3.8) is 0 Å². The number of benzene rings is 2. The summed E-state index contributed by atoms with van der Waals surface area (Å²) in [6, 6.07) is 18.4. The van der Waals surface area contributed by atoms with Crippen LogP contribution in [-0.2, 0) is 12.0 Å². The van der Waals surface area contributed by atoms with Gasteiger partial charge in [0.05, 0.1) is 11.4 Å². The van der Waals surface area contributed by atoms with E-state index in [0.29, 0.717) is 29.0 Å². The van der Waals surface area contributed by atoms with Gasteiger partial charge in [-0.1, -0.05) is 32.9 Å². The number of ether oxygens (including phenoxy) is 1. The number of nitrogens with one attached hydrogen (secondary N) is 2. The zero-order chi connectivity index (χ0) is 29.0. The number of aromatic nitrogens is 4. The molecule has 0 radical (unpaired) electrons. The van der Waals surface area contributed by atoms with Crippen molar-refractivity contribution in [1.82, 2.24) is 29.5 Å². The predicted octanol–water partition coefficient (Wildman–Crippen LogP) is 4.73. The molecule has 0 aliphatic carbocycles. The largest absolute Gasteiger partial charge is 0.439 e. The van der Waals surface area contributed by atoms with E-state index in [1.54, 1.807) is 28.9 Å². The molecule has 0 saturated carbocycles. The first-order valence-electron chi connectivity index (χ1n) is 13.7. The van der Waals surface area contributed by atoms with Crippen LogP contribution in [0, 0.1) is 0 Å². The third-order valence-electron chi connectivity index (χ3n) is 6.90. The number of hydrogen-bond acceptors (Lipinski definition) is 8. The van der Waals surface area contributed by atoms with E-state index in [1.165, 1.54) is 18.0 Å². The zero-order valence-corrected chi connectivity index (χ0v) is 24.0. The van der Waals surface area contributed by atoms with Crippen molar-refractivity contribution in [3.8, 4) is 17.3 Å². The molecule has 4 aromatic rings. The van der Waals surface area contributed by atoms with E-state index in [4.69, 9.17) is 15.6 Å². The molecular weight excluding hydrogens is 518 g/mol. The minimum absolute atomic E-state index is 0.191. The van der Waals surface area contributed by atoms with Crippen molar-refractivity contribution >= 4 is 23.4 Å². The van der Waals surface area contributed by atoms with Gasteiger partial charge in [-0.15, -0.1) is 0 Å². The fraction of sp³-hybridized carbons (Fsp3) is 0.333. The minimum Gasteiger partial charge on any atom is -0.439 e. The van der Waals surface area contributed by atoms with Crippen LogP contribution in [0.25, 0.3) is 5.69 Å². The first kappa shape index (κ1) is 28.1. The molecule has 0 unspecified atom stereocenters. The van der Waals surface area contributed by atoms with Crippen molar-refractivity contribution < 1.29 is 9.53 Å². The molecule has 5 rings (SSSR count). The van der Waals surface area contributed by atoms with Crippen LogP contribution in [0.3, 0.4) is 0 Å². The van der Waals surface area contributed by atoms with Crippen molar-refractivity contribution in [3.05, 3.63) is 78.2 Å². The molecule has 2 aromatic carbocycles. The third kappa shape index (κ3) is 7.38. The Balaban J connectivity index is 1.26. The fourth-order valence-electron chi connectivity index (χ4n) is 4.46. The molecule has 1 fully saturated rings. The second kappa shape index (κ2) is 11.9. The van der Waals surface area contributed by atoms with Crippen LogP contribution in [0.2, 0.25) is 0 Å². The van der Waals surface area contributed by atoms with Gasteiger partial charge in [-0.3, -0.25) is 10.2 Å². The molecule has 0 bridgehead atoms. The Morgan fingerprint density at radius 1 is 0.951 bits per heavy atom. The highest BCUT2D eigenvalue weighted by Gasteiger charge is 2.22. The van der Waals surface area contributed by atoms with Gasteiger partial charge in [-0.2, -0.15) is 5.10 Å². The molecule has 2 amide bonds. The molecular formula is C30H37N9O2. The lowest BCUT2D eigenvalue weighted by molar-refractivity contribution is 0.148. The maximum absolute atomic E-state index is 13.0. The SMILES string of the molecule is CN1CCN(Cc2ccc(-n3nc(C(C)(C)C)cc3NC(=O)Nc3ccc(Oc4cc(N)ncn4)cc3)cc2)CC1. The van der Waals surface area contributed by atoms with Crippen molar-refractivity contribution in [1.29, 1.82) is 0 Å². The number of nitrogens with two attached hydrogens (primary N) is 1. The number of piperazine rings is 1. The molecule has 214 valence electrons. The molecule has 1 aliphatic rings. The quantitative estimate of drug-likeness (QED) is 0.299. The van der Waals surface area contributed by atoms with Crippen LogP contribution in [-0.4, -0.2) is 68.8 Å². The average molecular weight is 556 g/mol. The standard InChI is InChI=1S/C30H37N9O2/c1-30(2,3)25-17-27(39(36-25)23-9-5-21(6-10-23)19-38-15-13-37(4)14-16-38)35-29(40)34-22-7-11-24(12-8-22)41-28-18-26(31)32-20-33-28/h5-12,17-18,20H,13-16,19H2,1-4H3,(H2,31,32,33)(H2,34,35,40). The van der Waals surface area contributed by atoms with E-state index in [2.05, 4.69) is 82.5 Å². The van der Waals surface area contributed by atoms with Gasteiger partial charge in [0, 0.05) is 56.0 Å². The van der Waals surface area contributed by atoms with Crippen LogP contribution in [0.15, 0.2) is 67.0 Å². The lowest BCUT2D eigenvalue weighted by atomic mass is 9.92. The normalized spacial score (nSPS) is 14.5. The Morgan fingerprint density at radius 3 is 2.32 bits per heavy atom. The van der Waals surface area contributed by atoms with Crippen molar-refractivity contribution in [2.24, 2.45) is 0 Å².